The molecule has 0 saturated carbocycles. The van der Waals surface area contributed by atoms with Crippen LogP contribution in [-0.4, -0.2) is 25.3 Å². The number of nitrogens with one attached hydrogen (secondary N) is 1. The number of methoxy groups -OCH3 is 1. The van der Waals surface area contributed by atoms with E-state index in [9.17, 15) is 4.39 Å². The van der Waals surface area contributed by atoms with Crippen molar-refractivity contribution in [3.8, 4) is 5.88 Å². The van der Waals surface area contributed by atoms with Gasteiger partial charge in [-0.25, -0.2) is 9.37 Å². The fourth-order valence-electron chi connectivity index (χ4n) is 0.972. The average molecular weight is 184 g/mol. The van der Waals surface area contributed by atoms with E-state index in [0.717, 1.165) is 5.56 Å². The first-order valence-electron chi connectivity index (χ1n) is 4.12. The lowest BCUT2D eigenvalue weighted by Crippen LogP contribution is -2.15. The summed E-state index contributed by atoms with van der Waals surface area (Å²) in [5.74, 6) is 0.583. The Balaban J connectivity index is 2.46. The van der Waals surface area contributed by atoms with E-state index in [0.29, 0.717) is 19.0 Å². The summed E-state index contributed by atoms with van der Waals surface area (Å²) in [5, 5.41) is 2.94. The van der Waals surface area contributed by atoms with Gasteiger partial charge in [-0.15, -0.1) is 0 Å². The maximum Gasteiger partial charge on any atom is 0.213 e. The van der Waals surface area contributed by atoms with Crippen molar-refractivity contribution >= 4 is 0 Å². The molecule has 0 aliphatic rings. The number of hydrogen-bond donors (Lipinski definition) is 1. The maximum atomic E-state index is 11.7. The zero-order chi connectivity index (χ0) is 9.52. The second-order valence-electron chi connectivity index (χ2n) is 2.57. The monoisotopic (exact) mass is 184 g/mol. The maximum absolute atomic E-state index is 11.7. The normalized spacial score (nSPS) is 10.0. The van der Waals surface area contributed by atoms with Gasteiger partial charge in [0.1, 0.15) is 6.67 Å². The highest BCUT2D eigenvalue weighted by molar-refractivity contribution is 5.20. The van der Waals surface area contributed by atoms with Crippen molar-refractivity contribution in [1.82, 2.24) is 10.3 Å². The highest BCUT2D eigenvalue weighted by Gasteiger charge is 1.95. The third-order valence-corrected chi connectivity index (χ3v) is 1.61. The molecule has 4 heteroatoms. The lowest BCUT2D eigenvalue weighted by Gasteiger charge is -2.03. The number of halogens is 1. The van der Waals surface area contributed by atoms with Crippen molar-refractivity contribution in [3.63, 3.8) is 0 Å². The smallest absolute Gasteiger partial charge is 0.213 e. The van der Waals surface area contributed by atoms with Crippen molar-refractivity contribution in [2.75, 3.05) is 20.3 Å². The summed E-state index contributed by atoms with van der Waals surface area (Å²) >= 11 is 0. The molecule has 0 spiro atoms. The molecule has 0 atom stereocenters. The Morgan fingerprint density at radius 3 is 3.15 bits per heavy atom. The van der Waals surface area contributed by atoms with Crippen LogP contribution in [0.3, 0.4) is 0 Å². The molecule has 0 fully saturated rings. The highest BCUT2D eigenvalue weighted by Crippen LogP contribution is 2.07. The van der Waals surface area contributed by atoms with Gasteiger partial charge in [0.2, 0.25) is 5.88 Å². The topological polar surface area (TPSA) is 34.1 Å². The molecule has 0 amide bonds. The molecule has 0 aromatic carbocycles. The fraction of sp³-hybridized carbons (Fsp3) is 0.444. The lowest BCUT2D eigenvalue weighted by molar-refractivity contribution is 0.397. The van der Waals surface area contributed by atoms with Crippen LogP contribution in [0.1, 0.15) is 5.56 Å². The molecule has 1 aromatic rings. The van der Waals surface area contributed by atoms with E-state index in [-0.39, 0.29) is 6.67 Å². The van der Waals surface area contributed by atoms with E-state index in [2.05, 4.69) is 10.3 Å². The van der Waals surface area contributed by atoms with E-state index < -0.39 is 0 Å². The van der Waals surface area contributed by atoms with Crippen LogP contribution in [0.15, 0.2) is 18.3 Å². The van der Waals surface area contributed by atoms with Gasteiger partial charge in [-0.1, -0.05) is 0 Å². The second kappa shape index (κ2) is 5.48. The van der Waals surface area contributed by atoms with Gasteiger partial charge in [-0.2, -0.15) is 0 Å². The minimum atomic E-state index is -0.345. The Bertz CT molecular complexity index is 255. The SMILES string of the molecule is COc1cc(CNCCF)ccn1. The summed E-state index contributed by atoms with van der Waals surface area (Å²) in [4.78, 5) is 3.96. The van der Waals surface area contributed by atoms with Crippen LogP contribution in [0, 0.1) is 0 Å². The number of nitrogens with zero attached hydrogens (tertiary/aromatic N) is 1. The standard InChI is InChI=1S/C9H13FN2O/c1-13-9-6-8(2-4-12-9)7-11-5-3-10/h2,4,6,11H,3,5,7H2,1H3. The van der Waals surface area contributed by atoms with Crippen LogP contribution in [0.5, 0.6) is 5.88 Å². The van der Waals surface area contributed by atoms with E-state index in [4.69, 9.17) is 4.74 Å². The van der Waals surface area contributed by atoms with Crippen LogP contribution >= 0.6 is 0 Å². The first-order valence-corrected chi connectivity index (χ1v) is 4.12. The van der Waals surface area contributed by atoms with Crippen LogP contribution in [0.2, 0.25) is 0 Å². The van der Waals surface area contributed by atoms with Gasteiger partial charge in [0, 0.05) is 25.4 Å². The summed E-state index contributed by atoms with van der Waals surface area (Å²) < 4.78 is 16.7. The summed E-state index contributed by atoms with van der Waals surface area (Å²) in [6, 6.07) is 3.69. The summed E-state index contributed by atoms with van der Waals surface area (Å²) in [6.07, 6.45) is 1.67. The molecule has 1 N–H and O–H groups in total. The fourth-order valence-corrected chi connectivity index (χ4v) is 0.972. The molecule has 72 valence electrons. The zero-order valence-electron chi connectivity index (χ0n) is 7.59. The van der Waals surface area contributed by atoms with Crippen LogP contribution in [0.4, 0.5) is 4.39 Å². The van der Waals surface area contributed by atoms with Gasteiger partial charge in [0.15, 0.2) is 0 Å². The quantitative estimate of drug-likeness (QED) is 0.697. The van der Waals surface area contributed by atoms with E-state index in [1.165, 1.54) is 0 Å². The molecule has 0 saturated heterocycles. The Hall–Kier alpha value is -1.16. The molecule has 0 radical (unpaired) electrons. The molecule has 0 bridgehead atoms. The minimum Gasteiger partial charge on any atom is -0.481 e. The van der Waals surface area contributed by atoms with Crippen LogP contribution < -0.4 is 10.1 Å². The number of pyridine rings is 1. The van der Waals surface area contributed by atoms with Crippen LogP contribution in [0.25, 0.3) is 0 Å². The zero-order valence-corrected chi connectivity index (χ0v) is 7.59. The number of ether oxygens (including phenoxy) is 1. The predicted octanol–water partition coefficient (Wildman–Crippen LogP) is 1.15. The Kier molecular flexibility index (Phi) is 4.18. The van der Waals surface area contributed by atoms with Gasteiger partial charge in [0.25, 0.3) is 0 Å². The van der Waals surface area contributed by atoms with Gasteiger partial charge in [0.05, 0.1) is 7.11 Å². The molecule has 13 heavy (non-hydrogen) atoms. The van der Waals surface area contributed by atoms with Crippen molar-refractivity contribution in [2.24, 2.45) is 0 Å². The van der Waals surface area contributed by atoms with E-state index in [1.807, 2.05) is 12.1 Å². The molecule has 1 aromatic heterocycles. The largest absolute Gasteiger partial charge is 0.481 e. The van der Waals surface area contributed by atoms with Crippen molar-refractivity contribution in [3.05, 3.63) is 23.9 Å². The number of alkyl halides is 1. The van der Waals surface area contributed by atoms with Gasteiger partial charge in [-0.3, -0.25) is 0 Å². The Morgan fingerprint density at radius 1 is 1.62 bits per heavy atom. The first-order chi connectivity index (χ1) is 6.36. The third-order valence-electron chi connectivity index (χ3n) is 1.61. The summed E-state index contributed by atoms with van der Waals surface area (Å²) in [6.45, 7) is 0.676. The molecule has 3 nitrogen and oxygen atoms in total. The third kappa shape index (κ3) is 3.38. The molecule has 0 aliphatic heterocycles. The molecular formula is C9H13FN2O. The molecule has 1 heterocycles. The van der Waals surface area contributed by atoms with Gasteiger partial charge < -0.3 is 10.1 Å². The molecular weight excluding hydrogens is 171 g/mol. The lowest BCUT2D eigenvalue weighted by atomic mass is 10.2. The molecule has 0 unspecified atom stereocenters. The molecule has 1 rings (SSSR count). The van der Waals surface area contributed by atoms with Crippen molar-refractivity contribution in [1.29, 1.82) is 0 Å². The molecule has 0 aliphatic carbocycles. The van der Waals surface area contributed by atoms with Gasteiger partial charge >= 0.3 is 0 Å². The minimum absolute atomic E-state index is 0.345. The van der Waals surface area contributed by atoms with Gasteiger partial charge in [-0.05, 0) is 11.6 Å². The average Bonchev–Trinajstić information content (AvgIpc) is 2.19. The highest BCUT2D eigenvalue weighted by atomic mass is 19.1. The summed E-state index contributed by atoms with van der Waals surface area (Å²) in [7, 11) is 1.57. The first kappa shape index (κ1) is 9.92. The van der Waals surface area contributed by atoms with Crippen molar-refractivity contribution < 1.29 is 9.13 Å². The Morgan fingerprint density at radius 2 is 2.46 bits per heavy atom. The van der Waals surface area contributed by atoms with Crippen LogP contribution in [-0.2, 0) is 6.54 Å². The number of aromatic nitrogens is 1. The Labute approximate surface area is 76.9 Å². The van der Waals surface area contributed by atoms with E-state index in [1.54, 1.807) is 13.3 Å². The summed E-state index contributed by atoms with van der Waals surface area (Å²) in [5.41, 5.74) is 1.04. The number of hydrogen-bond acceptors (Lipinski definition) is 3. The predicted molar refractivity (Wildman–Crippen MR) is 48.5 cm³/mol. The number of rotatable bonds is 5. The second-order valence-corrected chi connectivity index (χ2v) is 2.57. The van der Waals surface area contributed by atoms with Crippen molar-refractivity contribution in [2.45, 2.75) is 6.54 Å². The van der Waals surface area contributed by atoms with E-state index >= 15 is 0 Å².